The molecule has 1 fully saturated rings. The van der Waals surface area contributed by atoms with Crippen molar-refractivity contribution in [1.29, 1.82) is 0 Å². The van der Waals surface area contributed by atoms with Gasteiger partial charge in [0, 0.05) is 42.7 Å². The van der Waals surface area contributed by atoms with Crippen LogP contribution in [0, 0.1) is 0 Å². The highest BCUT2D eigenvalue weighted by molar-refractivity contribution is 6.31. The second-order valence-corrected chi connectivity index (χ2v) is 9.65. The number of aromatic nitrogens is 1. The van der Waals surface area contributed by atoms with E-state index in [2.05, 4.69) is 10.6 Å². The molecule has 1 heterocycles. The van der Waals surface area contributed by atoms with E-state index >= 15 is 0 Å². The Morgan fingerprint density at radius 2 is 1.85 bits per heavy atom. The molecule has 0 aliphatic heterocycles. The maximum absolute atomic E-state index is 13.7. The van der Waals surface area contributed by atoms with Crippen LogP contribution in [0.5, 0.6) is 0 Å². The lowest BCUT2D eigenvalue weighted by molar-refractivity contribution is -0.146. The molecule has 0 saturated heterocycles. The summed E-state index contributed by atoms with van der Waals surface area (Å²) >= 11 is 6.40. The van der Waals surface area contributed by atoms with Crippen molar-refractivity contribution in [3.8, 4) is 0 Å². The van der Waals surface area contributed by atoms with Gasteiger partial charge in [-0.2, -0.15) is 0 Å². The van der Waals surface area contributed by atoms with E-state index in [1.54, 1.807) is 4.90 Å². The highest BCUT2D eigenvalue weighted by Gasteiger charge is 2.30. The van der Waals surface area contributed by atoms with Crippen LogP contribution >= 0.6 is 11.6 Å². The van der Waals surface area contributed by atoms with E-state index in [-0.39, 0.29) is 37.0 Å². The molecule has 2 aromatic rings. The third-order valence-electron chi connectivity index (χ3n) is 6.91. The van der Waals surface area contributed by atoms with E-state index < -0.39 is 0 Å². The Labute approximate surface area is 208 Å². The van der Waals surface area contributed by atoms with Gasteiger partial charge in [-0.15, -0.1) is 0 Å². The summed E-state index contributed by atoms with van der Waals surface area (Å²) in [5, 5.41) is 0.739. The zero-order valence-corrected chi connectivity index (χ0v) is 21.5. The summed E-state index contributed by atoms with van der Waals surface area (Å²) in [6.45, 7) is 5.26. The Kier molecular flexibility index (Phi) is 10.0. The van der Waals surface area contributed by atoms with Crippen molar-refractivity contribution in [1.82, 2.24) is 14.4 Å². The summed E-state index contributed by atoms with van der Waals surface area (Å²) in [6, 6.07) is 12.1. The number of hydrogen-bond acceptors (Lipinski definition) is 3. The molecule has 1 saturated carbocycles. The van der Waals surface area contributed by atoms with Crippen molar-refractivity contribution < 1.29 is 14.3 Å². The lowest BCUT2D eigenvalue weighted by Gasteiger charge is -2.37. The summed E-state index contributed by atoms with van der Waals surface area (Å²) in [5.74, 6) is -0.141. The number of nitrogens with zero attached hydrogens (tertiary/aromatic N) is 3. The number of carbonyl (C=O) groups is 2. The SMILES string of the molecule is CCC(C)N(CC(=O)N(Cc1cccn1Cc1ccccc1Cl)C1CCCCC1)C(=O)COC. The monoisotopic (exact) mass is 487 g/mol. The summed E-state index contributed by atoms with van der Waals surface area (Å²) in [6.07, 6.45) is 8.31. The van der Waals surface area contributed by atoms with Crippen LogP contribution in [0.2, 0.25) is 5.02 Å². The molecule has 3 rings (SSSR count). The molecule has 0 N–H and O–H groups in total. The molecular formula is C27H38ClN3O3. The molecule has 1 atom stereocenters. The van der Waals surface area contributed by atoms with Gasteiger partial charge in [0.2, 0.25) is 11.8 Å². The van der Waals surface area contributed by atoms with E-state index in [1.807, 2.05) is 55.3 Å². The smallest absolute Gasteiger partial charge is 0.249 e. The van der Waals surface area contributed by atoms with E-state index in [1.165, 1.54) is 13.5 Å². The maximum Gasteiger partial charge on any atom is 0.249 e. The molecule has 6 nitrogen and oxygen atoms in total. The summed E-state index contributed by atoms with van der Waals surface area (Å²) in [7, 11) is 1.51. The number of amides is 2. The van der Waals surface area contributed by atoms with Gasteiger partial charge in [0.1, 0.15) is 13.2 Å². The fourth-order valence-electron chi connectivity index (χ4n) is 4.70. The maximum atomic E-state index is 13.7. The lowest BCUT2D eigenvalue weighted by Crippen LogP contribution is -2.50. The first-order chi connectivity index (χ1) is 16.4. The summed E-state index contributed by atoms with van der Waals surface area (Å²) in [4.78, 5) is 30.1. The van der Waals surface area contributed by atoms with Crippen molar-refractivity contribution in [3.05, 3.63) is 58.9 Å². The largest absolute Gasteiger partial charge is 0.375 e. The van der Waals surface area contributed by atoms with Gasteiger partial charge in [-0.3, -0.25) is 9.59 Å². The second kappa shape index (κ2) is 13.0. The Hall–Kier alpha value is -2.31. The van der Waals surface area contributed by atoms with Crippen LogP contribution in [-0.4, -0.2) is 58.5 Å². The number of benzene rings is 1. The van der Waals surface area contributed by atoms with Gasteiger partial charge in [-0.25, -0.2) is 0 Å². The van der Waals surface area contributed by atoms with Gasteiger partial charge in [0.15, 0.2) is 0 Å². The molecule has 0 bridgehead atoms. The highest BCUT2D eigenvalue weighted by atomic mass is 35.5. The van der Waals surface area contributed by atoms with Crippen LogP contribution < -0.4 is 0 Å². The molecule has 34 heavy (non-hydrogen) atoms. The van der Waals surface area contributed by atoms with Crippen LogP contribution in [0.15, 0.2) is 42.6 Å². The van der Waals surface area contributed by atoms with Gasteiger partial charge in [-0.05, 0) is 49.9 Å². The quantitative estimate of drug-likeness (QED) is 0.441. The Bertz CT molecular complexity index is 939. The topological polar surface area (TPSA) is 54.8 Å². The highest BCUT2D eigenvalue weighted by Crippen LogP contribution is 2.26. The number of ether oxygens (including phenoxy) is 1. The summed E-state index contributed by atoms with van der Waals surface area (Å²) < 4.78 is 7.23. The number of hydrogen-bond donors (Lipinski definition) is 0. The molecule has 186 valence electrons. The predicted molar refractivity (Wildman–Crippen MR) is 136 cm³/mol. The number of carbonyl (C=O) groups excluding carboxylic acids is 2. The average Bonchev–Trinajstić information content (AvgIpc) is 3.29. The third-order valence-corrected chi connectivity index (χ3v) is 7.28. The van der Waals surface area contributed by atoms with Crippen molar-refractivity contribution in [2.75, 3.05) is 20.3 Å². The van der Waals surface area contributed by atoms with E-state index in [0.29, 0.717) is 13.1 Å². The molecular weight excluding hydrogens is 450 g/mol. The third kappa shape index (κ3) is 6.86. The molecule has 2 amide bonds. The Morgan fingerprint density at radius 1 is 1.12 bits per heavy atom. The molecule has 0 radical (unpaired) electrons. The van der Waals surface area contributed by atoms with E-state index in [0.717, 1.165) is 48.4 Å². The van der Waals surface area contributed by atoms with Crippen LogP contribution in [-0.2, 0) is 27.4 Å². The standard InChI is InChI=1S/C27H38ClN3O3/c1-4-21(2)30(27(33)20-34-3)19-26(32)31(23-12-6-5-7-13-23)18-24-14-10-16-29(24)17-22-11-8-9-15-25(22)28/h8-11,14-16,21,23H,4-7,12-13,17-20H2,1-3H3. The van der Waals surface area contributed by atoms with Crippen molar-refractivity contribution in [2.45, 2.75) is 77.5 Å². The van der Waals surface area contributed by atoms with Gasteiger partial charge < -0.3 is 19.1 Å². The fourth-order valence-corrected chi connectivity index (χ4v) is 4.89. The zero-order chi connectivity index (χ0) is 24.5. The summed E-state index contributed by atoms with van der Waals surface area (Å²) in [5.41, 5.74) is 2.11. The first-order valence-corrected chi connectivity index (χ1v) is 12.8. The van der Waals surface area contributed by atoms with Crippen molar-refractivity contribution in [2.24, 2.45) is 0 Å². The van der Waals surface area contributed by atoms with Gasteiger partial charge >= 0.3 is 0 Å². The Morgan fingerprint density at radius 3 is 2.53 bits per heavy atom. The second-order valence-electron chi connectivity index (χ2n) is 9.24. The van der Waals surface area contributed by atoms with Crippen molar-refractivity contribution in [3.63, 3.8) is 0 Å². The van der Waals surface area contributed by atoms with Gasteiger partial charge in [-0.1, -0.05) is 56.0 Å². The molecule has 1 aromatic heterocycles. The zero-order valence-electron chi connectivity index (χ0n) is 20.7. The van der Waals surface area contributed by atoms with Gasteiger partial charge in [0.05, 0.1) is 6.54 Å². The molecule has 1 aliphatic rings. The van der Waals surface area contributed by atoms with Crippen LogP contribution in [0.4, 0.5) is 0 Å². The first-order valence-electron chi connectivity index (χ1n) is 12.4. The van der Waals surface area contributed by atoms with Crippen LogP contribution in [0.1, 0.15) is 63.6 Å². The molecule has 1 aliphatic carbocycles. The first kappa shape index (κ1) is 26.3. The number of halogens is 1. The predicted octanol–water partition coefficient (Wildman–Crippen LogP) is 5.12. The minimum absolute atomic E-state index is 0.00199. The Balaban J connectivity index is 1.82. The van der Waals surface area contributed by atoms with E-state index in [4.69, 9.17) is 16.3 Å². The molecule has 1 unspecified atom stereocenters. The molecule has 7 heteroatoms. The van der Waals surface area contributed by atoms with Crippen LogP contribution in [0.25, 0.3) is 0 Å². The number of methoxy groups -OCH3 is 1. The van der Waals surface area contributed by atoms with E-state index in [9.17, 15) is 9.59 Å². The molecule has 0 spiro atoms. The average molecular weight is 488 g/mol. The normalized spacial score (nSPS) is 15.2. The van der Waals surface area contributed by atoms with Gasteiger partial charge in [0.25, 0.3) is 0 Å². The molecule has 1 aromatic carbocycles. The van der Waals surface area contributed by atoms with Crippen molar-refractivity contribution >= 4 is 23.4 Å². The lowest BCUT2D eigenvalue weighted by atomic mass is 9.94. The van der Waals surface area contributed by atoms with Crippen LogP contribution in [0.3, 0.4) is 0 Å². The fraction of sp³-hybridized carbons (Fsp3) is 0.556. The number of rotatable bonds is 11. The minimum atomic E-state index is -0.143. The minimum Gasteiger partial charge on any atom is -0.375 e.